The Labute approximate surface area is 178 Å². The number of H-pyrrole nitrogens is 1. The van der Waals surface area contributed by atoms with Gasteiger partial charge in [0.2, 0.25) is 17.8 Å². The SMILES string of the molecule is COc1ccc(Cl)cc1-n1nnnc1N1CCC(c2[nH]c(NC(C)=O)nc2C)CC1. The summed E-state index contributed by atoms with van der Waals surface area (Å²) in [6.07, 6.45) is 1.81. The molecule has 3 heterocycles. The molecule has 1 aliphatic heterocycles. The Morgan fingerprint density at radius 3 is 2.80 bits per heavy atom. The minimum Gasteiger partial charge on any atom is -0.494 e. The van der Waals surface area contributed by atoms with Crippen molar-refractivity contribution >= 4 is 29.4 Å². The number of amides is 1. The lowest BCUT2D eigenvalue weighted by molar-refractivity contribution is -0.114. The lowest BCUT2D eigenvalue weighted by Gasteiger charge is -2.32. The zero-order valence-corrected chi connectivity index (χ0v) is 17.8. The lowest BCUT2D eigenvalue weighted by atomic mass is 9.93. The molecule has 1 amide bonds. The average molecular weight is 431 g/mol. The van der Waals surface area contributed by atoms with Crippen molar-refractivity contribution in [2.75, 3.05) is 30.4 Å². The number of aromatic nitrogens is 6. The molecule has 0 saturated carbocycles. The maximum absolute atomic E-state index is 11.3. The molecule has 2 N–H and O–H groups in total. The van der Waals surface area contributed by atoms with Gasteiger partial charge in [-0.1, -0.05) is 16.7 Å². The van der Waals surface area contributed by atoms with Gasteiger partial charge in [0, 0.05) is 36.6 Å². The van der Waals surface area contributed by atoms with Crippen molar-refractivity contribution in [2.45, 2.75) is 32.6 Å². The summed E-state index contributed by atoms with van der Waals surface area (Å²) in [5, 5.41) is 15.5. The number of ether oxygens (including phenoxy) is 1. The highest BCUT2D eigenvalue weighted by molar-refractivity contribution is 6.30. The second-order valence-corrected chi connectivity index (χ2v) is 7.67. The zero-order valence-electron chi connectivity index (χ0n) is 17.0. The number of nitrogens with one attached hydrogen (secondary N) is 2. The first-order valence-electron chi connectivity index (χ1n) is 9.67. The van der Waals surface area contributed by atoms with Crippen LogP contribution in [0, 0.1) is 6.92 Å². The van der Waals surface area contributed by atoms with Gasteiger partial charge in [0.05, 0.1) is 12.8 Å². The largest absolute Gasteiger partial charge is 0.494 e. The van der Waals surface area contributed by atoms with Gasteiger partial charge in [-0.2, -0.15) is 4.68 Å². The molecule has 0 radical (unpaired) electrons. The molecule has 0 atom stereocenters. The number of carbonyl (C=O) groups excluding carboxylic acids is 1. The van der Waals surface area contributed by atoms with Crippen LogP contribution >= 0.6 is 11.6 Å². The number of benzene rings is 1. The van der Waals surface area contributed by atoms with Gasteiger partial charge in [-0.3, -0.25) is 10.1 Å². The van der Waals surface area contributed by atoms with Crippen molar-refractivity contribution in [1.82, 2.24) is 30.2 Å². The number of rotatable bonds is 5. The first-order valence-corrected chi connectivity index (χ1v) is 10.1. The van der Waals surface area contributed by atoms with Gasteiger partial charge in [-0.25, -0.2) is 4.98 Å². The molecule has 0 unspecified atom stereocenters. The Morgan fingerprint density at radius 2 is 2.10 bits per heavy atom. The van der Waals surface area contributed by atoms with E-state index in [4.69, 9.17) is 16.3 Å². The van der Waals surface area contributed by atoms with Gasteiger partial charge < -0.3 is 14.6 Å². The third-order valence-electron chi connectivity index (χ3n) is 5.22. The number of hydrogen-bond acceptors (Lipinski definition) is 7. The van der Waals surface area contributed by atoms with E-state index < -0.39 is 0 Å². The first kappa shape index (κ1) is 20.1. The van der Waals surface area contributed by atoms with Gasteiger partial charge in [-0.15, -0.1) is 0 Å². The maximum atomic E-state index is 11.3. The Bertz CT molecular complexity index is 1050. The van der Waals surface area contributed by atoms with Gasteiger partial charge in [-0.05, 0) is 48.4 Å². The predicted octanol–water partition coefficient (Wildman–Crippen LogP) is 2.70. The third-order valence-corrected chi connectivity index (χ3v) is 5.46. The zero-order chi connectivity index (χ0) is 21.3. The number of methoxy groups -OCH3 is 1. The third kappa shape index (κ3) is 3.95. The van der Waals surface area contributed by atoms with Crippen LogP contribution in [0.1, 0.15) is 37.1 Å². The van der Waals surface area contributed by atoms with E-state index in [1.807, 2.05) is 6.92 Å². The number of halogens is 1. The Balaban J connectivity index is 1.51. The van der Waals surface area contributed by atoms with Crippen LogP contribution in [0.25, 0.3) is 5.69 Å². The van der Waals surface area contributed by atoms with E-state index in [1.54, 1.807) is 30.0 Å². The molecule has 1 fully saturated rings. The summed E-state index contributed by atoms with van der Waals surface area (Å²) in [4.78, 5) is 21.1. The van der Waals surface area contributed by atoms with E-state index in [0.29, 0.717) is 34.3 Å². The monoisotopic (exact) mass is 430 g/mol. The van der Waals surface area contributed by atoms with Crippen LogP contribution in [-0.4, -0.2) is 56.3 Å². The molecule has 158 valence electrons. The number of aryl methyl sites for hydroxylation is 1. The molecule has 2 aromatic heterocycles. The number of aromatic amines is 1. The molecule has 10 nitrogen and oxygen atoms in total. The number of hydrogen-bond donors (Lipinski definition) is 2. The van der Waals surface area contributed by atoms with Crippen LogP contribution in [0.15, 0.2) is 18.2 Å². The van der Waals surface area contributed by atoms with Crippen LogP contribution in [0.3, 0.4) is 0 Å². The molecule has 3 aromatic rings. The standard InChI is InChI=1S/C19H23ClN8O2/c1-11-17(23-18(21-11)22-12(2)29)13-6-8-27(9-7-13)19-24-25-26-28(19)15-10-14(20)4-5-16(15)30-3/h4-5,10,13H,6-9H2,1-3H3,(H2,21,22,23,29). The number of carbonyl (C=O) groups is 1. The average Bonchev–Trinajstić information content (AvgIpc) is 3.34. The van der Waals surface area contributed by atoms with Crippen LogP contribution in [0.5, 0.6) is 5.75 Å². The highest BCUT2D eigenvalue weighted by Crippen LogP contribution is 2.33. The number of anilines is 2. The van der Waals surface area contributed by atoms with Gasteiger partial charge in [0.15, 0.2) is 0 Å². The van der Waals surface area contributed by atoms with E-state index in [0.717, 1.165) is 37.3 Å². The minimum atomic E-state index is -0.145. The summed E-state index contributed by atoms with van der Waals surface area (Å²) in [6.45, 7) is 4.98. The topological polar surface area (TPSA) is 114 Å². The maximum Gasteiger partial charge on any atom is 0.250 e. The van der Waals surface area contributed by atoms with Crippen LogP contribution in [-0.2, 0) is 4.79 Å². The molecule has 30 heavy (non-hydrogen) atoms. The summed E-state index contributed by atoms with van der Waals surface area (Å²) in [5.74, 6) is 1.96. The molecule has 1 aliphatic rings. The summed E-state index contributed by atoms with van der Waals surface area (Å²) in [6, 6.07) is 5.34. The molecular weight excluding hydrogens is 408 g/mol. The Kier molecular flexibility index (Phi) is 5.58. The second kappa shape index (κ2) is 8.31. The summed E-state index contributed by atoms with van der Waals surface area (Å²) in [5.41, 5.74) is 2.66. The fourth-order valence-corrected chi connectivity index (χ4v) is 4.00. The summed E-state index contributed by atoms with van der Waals surface area (Å²) in [7, 11) is 1.60. The number of imidazole rings is 1. The van der Waals surface area contributed by atoms with E-state index in [9.17, 15) is 4.79 Å². The van der Waals surface area contributed by atoms with E-state index in [-0.39, 0.29) is 5.91 Å². The van der Waals surface area contributed by atoms with Crippen LogP contribution in [0.2, 0.25) is 5.02 Å². The number of nitrogens with zero attached hydrogens (tertiary/aromatic N) is 6. The second-order valence-electron chi connectivity index (χ2n) is 7.23. The molecule has 0 aliphatic carbocycles. The van der Waals surface area contributed by atoms with Crippen molar-refractivity contribution in [3.05, 3.63) is 34.6 Å². The van der Waals surface area contributed by atoms with Crippen molar-refractivity contribution in [1.29, 1.82) is 0 Å². The van der Waals surface area contributed by atoms with Crippen molar-refractivity contribution < 1.29 is 9.53 Å². The normalized spacial score (nSPS) is 14.7. The summed E-state index contributed by atoms with van der Waals surface area (Å²) >= 11 is 6.18. The summed E-state index contributed by atoms with van der Waals surface area (Å²) < 4.78 is 7.10. The highest BCUT2D eigenvalue weighted by Gasteiger charge is 2.27. The van der Waals surface area contributed by atoms with Crippen molar-refractivity contribution in [2.24, 2.45) is 0 Å². The fraction of sp³-hybridized carbons (Fsp3) is 0.421. The van der Waals surface area contributed by atoms with Crippen LogP contribution in [0.4, 0.5) is 11.9 Å². The molecule has 1 saturated heterocycles. The molecule has 4 rings (SSSR count). The van der Waals surface area contributed by atoms with E-state index in [2.05, 4.69) is 35.7 Å². The molecule has 1 aromatic carbocycles. The lowest BCUT2D eigenvalue weighted by Crippen LogP contribution is -2.35. The molecule has 0 spiro atoms. The Hall–Kier alpha value is -3.14. The van der Waals surface area contributed by atoms with Gasteiger partial charge in [0.25, 0.3) is 0 Å². The quantitative estimate of drug-likeness (QED) is 0.639. The molecule has 0 bridgehead atoms. The first-order chi connectivity index (χ1) is 14.5. The Morgan fingerprint density at radius 1 is 1.33 bits per heavy atom. The fourth-order valence-electron chi connectivity index (χ4n) is 3.83. The van der Waals surface area contributed by atoms with Gasteiger partial charge in [0.1, 0.15) is 11.4 Å². The molecule has 11 heteroatoms. The smallest absolute Gasteiger partial charge is 0.250 e. The number of piperidine rings is 1. The van der Waals surface area contributed by atoms with Crippen molar-refractivity contribution in [3.8, 4) is 11.4 Å². The van der Waals surface area contributed by atoms with Crippen LogP contribution < -0.4 is 15.0 Å². The minimum absolute atomic E-state index is 0.145. The number of tetrazole rings is 1. The van der Waals surface area contributed by atoms with Gasteiger partial charge >= 0.3 is 0 Å². The van der Waals surface area contributed by atoms with E-state index >= 15 is 0 Å². The molecular formula is C19H23ClN8O2. The predicted molar refractivity (Wildman–Crippen MR) is 113 cm³/mol. The van der Waals surface area contributed by atoms with E-state index in [1.165, 1.54) is 6.92 Å². The van der Waals surface area contributed by atoms with Crippen molar-refractivity contribution in [3.63, 3.8) is 0 Å². The highest BCUT2D eigenvalue weighted by atomic mass is 35.5.